The third-order valence-electron chi connectivity index (χ3n) is 2.42. The molecule has 0 amide bonds. The van der Waals surface area contributed by atoms with Crippen LogP contribution in [0.2, 0.25) is 0 Å². The summed E-state index contributed by atoms with van der Waals surface area (Å²) < 4.78 is 0. The van der Waals surface area contributed by atoms with Gasteiger partial charge in [0.25, 0.3) is 0 Å². The molecular formula is C12H12N4OS. The zero-order valence-corrected chi connectivity index (χ0v) is 10.4. The number of nitrogens with zero attached hydrogens (tertiary/aromatic N) is 3. The van der Waals surface area contributed by atoms with Crippen molar-refractivity contribution in [3.05, 3.63) is 40.5 Å². The van der Waals surface area contributed by atoms with Crippen molar-refractivity contribution in [2.75, 3.05) is 11.9 Å². The Morgan fingerprint density at radius 2 is 2.28 bits per heavy atom. The van der Waals surface area contributed by atoms with Gasteiger partial charge in [-0.15, -0.1) is 11.3 Å². The van der Waals surface area contributed by atoms with E-state index in [1.54, 1.807) is 11.3 Å². The molecule has 2 rings (SSSR count). The topological polar surface area (TPSA) is 81.8 Å². The Morgan fingerprint density at radius 1 is 1.44 bits per heavy atom. The van der Waals surface area contributed by atoms with Crippen molar-refractivity contribution in [1.82, 2.24) is 9.97 Å². The number of thiophene rings is 1. The number of rotatable bonds is 5. The van der Waals surface area contributed by atoms with Crippen molar-refractivity contribution in [2.45, 2.75) is 12.5 Å². The molecular weight excluding hydrogens is 248 g/mol. The molecule has 0 saturated heterocycles. The number of anilines is 1. The molecule has 92 valence electrons. The summed E-state index contributed by atoms with van der Waals surface area (Å²) in [6.07, 6.45) is 3.57. The van der Waals surface area contributed by atoms with Crippen LogP contribution in [0.4, 0.5) is 5.82 Å². The summed E-state index contributed by atoms with van der Waals surface area (Å²) in [6, 6.07) is 5.88. The van der Waals surface area contributed by atoms with Crippen LogP contribution in [-0.4, -0.2) is 21.7 Å². The fourth-order valence-electron chi connectivity index (χ4n) is 1.59. The number of aromatic nitrogens is 2. The van der Waals surface area contributed by atoms with Crippen LogP contribution < -0.4 is 5.32 Å². The predicted molar refractivity (Wildman–Crippen MR) is 69.1 cm³/mol. The number of nitrogens with one attached hydrogen (secondary N) is 1. The van der Waals surface area contributed by atoms with Gasteiger partial charge in [0.05, 0.1) is 6.04 Å². The molecule has 1 unspecified atom stereocenters. The fourth-order valence-corrected chi connectivity index (χ4v) is 2.41. The molecule has 0 aliphatic heterocycles. The van der Waals surface area contributed by atoms with Crippen LogP contribution in [0.25, 0.3) is 0 Å². The highest BCUT2D eigenvalue weighted by Gasteiger charge is 2.14. The summed E-state index contributed by atoms with van der Waals surface area (Å²) in [7, 11) is 0. The Bertz CT molecular complexity index is 535. The minimum absolute atomic E-state index is 0.0567. The average Bonchev–Trinajstić information content (AvgIpc) is 2.92. The second-order valence-electron chi connectivity index (χ2n) is 3.59. The number of aliphatic hydroxyl groups excluding tert-OH is 1. The van der Waals surface area contributed by atoms with E-state index in [0.717, 1.165) is 4.88 Å². The molecule has 1 atom stereocenters. The summed E-state index contributed by atoms with van der Waals surface area (Å²) in [4.78, 5) is 9.15. The van der Waals surface area contributed by atoms with Gasteiger partial charge in [-0.2, -0.15) is 5.26 Å². The fraction of sp³-hybridized carbons (Fsp3) is 0.250. The summed E-state index contributed by atoms with van der Waals surface area (Å²) in [5.41, 5.74) is 0.261. The smallest absolute Gasteiger partial charge is 0.182 e. The van der Waals surface area contributed by atoms with Crippen molar-refractivity contribution < 1.29 is 5.11 Å². The lowest BCUT2D eigenvalue weighted by Gasteiger charge is -2.17. The van der Waals surface area contributed by atoms with Crippen molar-refractivity contribution in [1.29, 1.82) is 5.26 Å². The van der Waals surface area contributed by atoms with Crippen LogP contribution in [-0.2, 0) is 0 Å². The quantitative estimate of drug-likeness (QED) is 0.858. The summed E-state index contributed by atoms with van der Waals surface area (Å²) in [5.74, 6) is 0.451. The number of nitriles is 1. The van der Waals surface area contributed by atoms with Crippen molar-refractivity contribution in [2.24, 2.45) is 0 Å². The Balaban J connectivity index is 2.22. The van der Waals surface area contributed by atoms with E-state index in [4.69, 9.17) is 10.4 Å². The van der Waals surface area contributed by atoms with Gasteiger partial charge in [-0.1, -0.05) is 6.07 Å². The minimum atomic E-state index is -0.0567. The van der Waals surface area contributed by atoms with Gasteiger partial charge in [0, 0.05) is 23.9 Å². The number of hydrogen-bond acceptors (Lipinski definition) is 6. The predicted octanol–water partition coefficient (Wildman–Crippen LogP) is 1.95. The molecule has 2 heterocycles. The van der Waals surface area contributed by atoms with Crippen LogP contribution >= 0.6 is 11.3 Å². The second kappa shape index (κ2) is 6.10. The highest BCUT2D eigenvalue weighted by molar-refractivity contribution is 7.10. The summed E-state index contributed by atoms with van der Waals surface area (Å²) >= 11 is 1.60. The highest BCUT2D eigenvalue weighted by Crippen LogP contribution is 2.26. The van der Waals surface area contributed by atoms with E-state index in [2.05, 4.69) is 15.3 Å². The van der Waals surface area contributed by atoms with Crippen molar-refractivity contribution in [3.63, 3.8) is 0 Å². The van der Waals surface area contributed by atoms with Crippen molar-refractivity contribution >= 4 is 17.2 Å². The minimum Gasteiger partial charge on any atom is -0.396 e. The van der Waals surface area contributed by atoms with E-state index in [1.165, 1.54) is 12.4 Å². The third-order valence-corrected chi connectivity index (χ3v) is 3.41. The maximum absolute atomic E-state index is 9.10. The average molecular weight is 260 g/mol. The molecule has 18 heavy (non-hydrogen) atoms. The monoisotopic (exact) mass is 260 g/mol. The van der Waals surface area contributed by atoms with E-state index in [-0.39, 0.29) is 18.3 Å². The Labute approximate surface area is 109 Å². The van der Waals surface area contributed by atoms with E-state index < -0.39 is 0 Å². The SMILES string of the molecule is N#Cc1nccnc1NC(CCO)c1cccs1. The largest absolute Gasteiger partial charge is 0.396 e. The first-order chi connectivity index (χ1) is 8.85. The first-order valence-electron chi connectivity index (χ1n) is 5.47. The molecule has 5 nitrogen and oxygen atoms in total. The summed E-state index contributed by atoms with van der Waals surface area (Å²) in [6.45, 7) is 0.0672. The molecule has 0 saturated carbocycles. The van der Waals surface area contributed by atoms with Gasteiger partial charge in [-0.25, -0.2) is 9.97 Å². The van der Waals surface area contributed by atoms with Gasteiger partial charge in [0.2, 0.25) is 0 Å². The van der Waals surface area contributed by atoms with E-state index in [9.17, 15) is 0 Å². The van der Waals surface area contributed by atoms with Crippen LogP contribution in [0.5, 0.6) is 0 Å². The second-order valence-corrected chi connectivity index (χ2v) is 4.57. The molecule has 2 aromatic rings. The normalized spacial score (nSPS) is 11.8. The maximum atomic E-state index is 9.10. The number of aliphatic hydroxyl groups is 1. The van der Waals surface area contributed by atoms with Gasteiger partial charge in [0.15, 0.2) is 11.5 Å². The molecule has 0 bridgehead atoms. The Kier molecular flexibility index (Phi) is 4.23. The molecule has 0 spiro atoms. The standard InChI is InChI=1S/C12H12N4OS/c13-8-10-12(15-5-4-14-10)16-9(3-6-17)11-2-1-7-18-11/h1-2,4-5,7,9,17H,3,6H2,(H,15,16). The van der Waals surface area contributed by atoms with Crippen LogP contribution in [0.3, 0.4) is 0 Å². The van der Waals surface area contributed by atoms with E-state index in [0.29, 0.717) is 12.2 Å². The van der Waals surface area contributed by atoms with Gasteiger partial charge >= 0.3 is 0 Å². The Morgan fingerprint density at radius 3 is 2.94 bits per heavy atom. The molecule has 0 aromatic carbocycles. The lowest BCUT2D eigenvalue weighted by atomic mass is 10.1. The maximum Gasteiger partial charge on any atom is 0.182 e. The van der Waals surface area contributed by atoms with Crippen LogP contribution in [0.1, 0.15) is 23.0 Å². The molecule has 6 heteroatoms. The Hall–Kier alpha value is -1.97. The first-order valence-corrected chi connectivity index (χ1v) is 6.35. The molecule has 0 radical (unpaired) electrons. The highest BCUT2D eigenvalue weighted by atomic mass is 32.1. The third kappa shape index (κ3) is 2.83. The molecule has 0 fully saturated rings. The lowest BCUT2D eigenvalue weighted by molar-refractivity contribution is 0.280. The first kappa shape index (κ1) is 12.5. The number of hydrogen-bond donors (Lipinski definition) is 2. The zero-order chi connectivity index (χ0) is 12.8. The van der Waals surface area contributed by atoms with Gasteiger partial charge in [-0.05, 0) is 17.9 Å². The van der Waals surface area contributed by atoms with Gasteiger partial charge in [-0.3, -0.25) is 0 Å². The lowest BCUT2D eigenvalue weighted by Crippen LogP contribution is -2.13. The van der Waals surface area contributed by atoms with E-state index in [1.807, 2.05) is 23.6 Å². The summed E-state index contributed by atoms with van der Waals surface area (Å²) in [5, 5.41) is 23.2. The van der Waals surface area contributed by atoms with Crippen molar-refractivity contribution in [3.8, 4) is 6.07 Å². The molecule has 2 aromatic heterocycles. The molecule has 0 aliphatic rings. The molecule has 2 N–H and O–H groups in total. The van der Waals surface area contributed by atoms with Gasteiger partial charge < -0.3 is 10.4 Å². The van der Waals surface area contributed by atoms with Crippen LogP contribution in [0.15, 0.2) is 29.9 Å². The molecule has 0 aliphatic carbocycles. The zero-order valence-electron chi connectivity index (χ0n) is 9.58. The van der Waals surface area contributed by atoms with Crippen LogP contribution in [0, 0.1) is 11.3 Å². The van der Waals surface area contributed by atoms with Gasteiger partial charge in [0.1, 0.15) is 6.07 Å². The van der Waals surface area contributed by atoms with E-state index >= 15 is 0 Å².